The highest BCUT2D eigenvalue weighted by Gasteiger charge is 2.54. The number of methoxy groups -OCH3 is 1. The van der Waals surface area contributed by atoms with E-state index in [0.29, 0.717) is 18.0 Å². The second kappa shape index (κ2) is 38.2. The lowest BCUT2D eigenvalue weighted by Gasteiger charge is -2.49. The average Bonchev–Trinajstić information content (AvgIpc) is 0.786. The molecule has 3 heterocycles. The Kier molecular flexibility index (Phi) is 33.3. The zero-order valence-electron chi connectivity index (χ0n) is 59.0. The van der Waals surface area contributed by atoms with Gasteiger partial charge in [0.2, 0.25) is 0 Å². The molecule has 3 aromatic rings. The third-order valence-corrected chi connectivity index (χ3v) is 19.5. The van der Waals surface area contributed by atoms with Gasteiger partial charge in [-0.15, -0.1) is 0 Å². The summed E-state index contributed by atoms with van der Waals surface area (Å²) in [7, 11) is 2.89. The molecule has 3 aliphatic heterocycles. The number of anilines is 1. The lowest BCUT2D eigenvalue weighted by molar-refractivity contribution is -0.319. The van der Waals surface area contributed by atoms with Crippen LogP contribution in [0.15, 0.2) is 66.7 Å². The number of aliphatic hydroxyl groups excluding tert-OH is 2. The van der Waals surface area contributed by atoms with Crippen molar-refractivity contribution in [1.29, 1.82) is 0 Å². The minimum absolute atomic E-state index is 0.0760. The molecule has 0 aliphatic carbocycles. The van der Waals surface area contributed by atoms with Gasteiger partial charge in [-0.05, 0) is 141 Å². The largest absolute Gasteiger partial charge is 0.459 e. The maximum absolute atomic E-state index is 14.2. The van der Waals surface area contributed by atoms with Crippen molar-refractivity contribution in [1.82, 2.24) is 4.90 Å². The van der Waals surface area contributed by atoms with Gasteiger partial charge in [0.1, 0.15) is 29.3 Å². The maximum atomic E-state index is 14.2. The highest BCUT2D eigenvalue weighted by atomic mass is 32.3. The summed E-state index contributed by atoms with van der Waals surface area (Å²) in [5.41, 5.74) is -2.71. The van der Waals surface area contributed by atoms with Gasteiger partial charge in [-0.3, -0.25) is 18.9 Å². The third-order valence-electron chi connectivity index (χ3n) is 18.7. The normalized spacial score (nSPS) is 32.0. The summed E-state index contributed by atoms with van der Waals surface area (Å²) in [4.78, 5) is 44.7. The van der Waals surface area contributed by atoms with E-state index in [9.17, 15) is 43.2 Å². The summed E-state index contributed by atoms with van der Waals surface area (Å²) in [6.07, 6.45) is 2.17. The Morgan fingerprint density at radius 2 is 1.37 bits per heavy atom. The van der Waals surface area contributed by atoms with Crippen molar-refractivity contribution in [2.45, 2.75) is 271 Å². The fourth-order valence-corrected chi connectivity index (χ4v) is 13.4. The number of esters is 2. The van der Waals surface area contributed by atoms with Crippen molar-refractivity contribution >= 4 is 62.0 Å². The Labute approximate surface area is 566 Å². The van der Waals surface area contributed by atoms with E-state index >= 15 is 0 Å². The molecule has 0 saturated carbocycles. The number of cyclic esters (lactones) is 1. The molecule has 3 aliphatic rings. The highest BCUT2D eigenvalue weighted by molar-refractivity contribution is 7.81. The van der Waals surface area contributed by atoms with Gasteiger partial charge in [-0.25, -0.2) is 4.18 Å². The van der Waals surface area contributed by atoms with Gasteiger partial charge in [0.25, 0.3) is 5.17 Å². The minimum atomic E-state index is -4.23. The topological polar surface area (TPSA) is 276 Å². The number of rotatable bonds is 23. The number of likely N-dealkylation sites (N-methyl/N-ethyl adjacent to an activating group) is 1. The molecule has 23 heteroatoms. The van der Waals surface area contributed by atoms with E-state index in [4.69, 9.17) is 54.7 Å². The number of benzene rings is 3. The number of fused-ring (bicyclic) bond motifs is 1. The molecule has 0 amide bonds. The van der Waals surface area contributed by atoms with Crippen LogP contribution in [0.4, 0.5) is 5.69 Å². The highest BCUT2D eigenvalue weighted by Crippen LogP contribution is 2.41. The first-order valence-corrected chi connectivity index (χ1v) is 35.5. The Morgan fingerprint density at radius 1 is 0.755 bits per heavy atom. The number of ether oxygens (including phenoxy) is 8. The Morgan fingerprint density at radius 3 is 1.95 bits per heavy atom. The van der Waals surface area contributed by atoms with Crippen LogP contribution in [0.25, 0.3) is 10.8 Å². The molecule has 0 bridgehead atoms. The summed E-state index contributed by atoms with van der Waals surface area (Å²) < 4.78 is 82.4. The summed E-state index contributed by atoms with van der Waals surface area (Å²) >= 11 is 5.41. The Bertz CT molecular complexity index is 2930. The molecule has 18 unspecified atom stereocenters. The van der Waals surface area contributed by atoms with Crippen LogP contribution >= 0.6 is 12.2 Å². The lowest BCUT2D eigenvalue weighted by Crippen LogP contribution is -2.61. The van der Waals surface area contributed by atoms with E-state index in [1.807, 2.05) is 80.3 Å². The molecular formula is C71H114N2O19S2. The van der Waals surface area contributed by atoms with Crippen LogP contribution in [0, 0.1) is 30.6 Å². The van der Waals surface area contributed by atoms with Gasteiger partial charge in [0, 0.05) is 50.4 Å². The van der Waals surface area contributed by atoms with Gasteiger partial charge < -0.3 is 68.1 Å². The standard InChI is InChI=1S/C40H71NO14.C19H17NOS.C12H26O4S/c1-15-27-40(11,48)33(44)22(5)30(43)20(3)18-38(9,47)35(55-37-32(53-28(42)16-2)26(41(12)13)17-21(4)50-37)23(6)31(24(7)36(46)52-27)54-29-19-39(10,49-14)34(45)25(8)51-29;1-14-6-5-9-17(12-14)20(2)19(22)21-18-11-10-15-7-3-4-8-16(15)13-18;1-2-3-4-5-6-7-8-9-10-11-12-16-17(13,14)15/h20-27,29,31-35,37,44-45,47-48H,15-19H2,1-14H3;3-13H,1-2H3;2-12H2,1H3,(H,13,14,15). The van der Waals surface area contributed by atoms with Gasteiger partial charge in [0.15, 0.2) is 18.7 Å². The second-order valence-corrected chi connectivity index (χ2v) is 28.4. The fourth-order valence-electron chi connectivity index (χ4n) is 12.9. The quantitative estimate of drug-likeness (QED) is 0.0255. The molecule has 3 aromatic carbocycles. The van der Waals surface area contributed by atoms with Crippen molar-refractivity contribution in [2.24, 2.45) is 23.7 Å². The molecule has 0 spiro atoms. The molecular weight excluding hydrogens is 1250 g/mol. The number of ketones is 1. The summed E-state index contributed by atoms with van der Waals surface area (Å²) in [6, 6.07) is 22.0. The molecule has 3 saturated heterocycles. The van der Waals surface area contributed by atoms with Crippen molar-refractivity contribution in [2.75, 3.05) is 39.8 Å². The number of nitrogens with zero attached hydrogens (tertiary/aromatic N) is 2. The van der Waals surface area contributed by atoms with E-state index in [2.05, 4.69) is 42.3 Å². The minimum Gasteiger partial charge on any atom is -0.459 e. The zero-order chi connectivity index (χ0) is 70.5. The number of Topliss-reactive ketones (excluding diaryl/α,β-unsaturated/α-hetero) is 1. The number of thiocarbonyl (C=S) groups is 1. The Balaban J connectivity index is 0.000000389. The van der Waals surface area contributed by atoms with Gasteiger partial charge in [0.05, 0.1) is 60.3 Å². The Hall–Kier alpha value is -4.31. The molecule has 0 aromatic heterocycles. The van der Waals surface area contributed by atoms with E-state index in [1.54, 1.807) is 48.5 Å². The van der Waals surface area contributed by atoms with Crippen LogP contribution < -0.4 is 9.64 Å². The number of aryl methyl sites for hydroxylation is 1. The number of hydrogen-bond donors (Lipinski definition) is 5. The summed E-state index contributed by atoms with van der Waals surface area (Å²) in [5.74, 6) is -4.83. The molecule has 94 heavy (non-hydrogen) atoms. The fraction of sp³-hybridized carbons (Fsp3) is 0.718. The molecule has 0 radical (unpaired) electrons. The van der Waals surface area contributed by atoms with E-state index in [1.165, 1.54) is 83.8 Å². The van der Waals surface area contributed by atoms with Crippen LogP contribution in [0.2, 0.25) is 0 Å². The predicted molar refractivity (Wildman–Crippen MR) is 367 cm³/mol. The predicted octanol–water partition coefficient (Wildman–Crippen LogP) is 11.4. The van der Waals surface area contributed by atoms with Crippen molar-refractivity contribution in [3.8, 4) is 5.75 Å². The SMILES string of the molecule is CCC(=O)OC1C(OC2C(C)C(OC3CC(C)(OC)C(O)C(C)O3)C(C)C(=O)OC(CC)C(C)(O)C(O)C(C)C(=O)C(C)CC2(C)O)OC(C)CC1N(C)C.CCCCCCCCCCCCOS(=O)(=O)O.Cc1cccc(N(C)C(=S)Oc2ccc3ccccc3c2)c1. The first-order chi connectivity index (χ1) is 44.0. The smallest absolute Gasteiger partial charge is 0.397 e. The molecule has 5 N–H and O–H groups in total. The van der Waals surface area contributed by atoms with Crippen LogP contribution in [0.3, 0.4) is 0 Å². The van der Waals surface area contributed by atoms with Gasteiger partial charge >= 0.3 is 22.3 Å². The van der Waals surface area contributed by atoms with Gasteiger partial charge in [-0.1, -0.05) is 142 Å². The number of carbonyl (C=O) groups is 3. The van der Waals surface area contributed by atoms with Crippen LogP contribution in [-0.4, -0.2) is 180 Å². The van der Waals surface area contributed by atoms with Gasteiger partial charge in [-0.2, -0.15) is 8.42 Å². The van der Waals surface area contributed by atoms with Crippen molar-refractivity contribution < 1.29 is 89.9 Å². The third kappa shape index (κ3) is 24.3. The number of aliphatic hydroxyl groups is 4. The molecule has 21 nitrogen and oxygen atoms in total. The number of carbonyl (C=O) groups excluding carboxylic acids is 3. The first-order valence-electron chi connectivity index (χ1n) is 33.8. The summed E-state index contributed by atoms with van der Waals surface area (Å²) in [5, 5.41) is 49.3. The second-order valence-electron chi connectivity index (χ2n) is 27.0. The zero-order valence-corrected chi connectivity index (χ0v) is 60.6. The van der Waals surface area contributed by atoms with Crippen LogP contribution in [0.1, 0.15) is 185 Å². The van der Waals surface area contributed by atoms with Crippen LogP contribution in [0.5, 0.6) is 5.75 Å². The molecule has 6 rings (SSSR count). The maximum Gasteiger partial charge on any atom is 0.397 e. The average molecular weight is 1360 g/mol. The van der Waals surface area contributed by atoms with E-state index < -0.39 is 124 Å². The van der Waals surface area contributed by atoms with Crippen molar-refractivity contribution in [3.05, 3.63) is 72.3 Å². The molecule has 18 atom stereocenters. The number of hydrogen-bond acceptors (Lipinski definition) is 20. The summed E-state index contributed by atoms with van der Waals surface area (Å²) in [6.45, 7) is 22.4. The van der Waals surface area contributed by atoms with Crippen LogP contribution in [-0.2, 0) is 62.1 Å². The van der Waals surface area contributed by atoms with E-state index in [0.717, 1.165) is 29.7 Å². The lowest BCUT2D eigenvalue weighted by atomic mass is 9.74. The first kappa shape index (κ1) is 82.1. The molecule has 534 valence electrons. The van der Waals surface area contributed by atoms with E-state index in [-0.39, 0.29) is 44.4 Å². The monoisotopic (exact) mass is 1360 g/mol. The van der Waals surface area contributed by atoms with Crippen molar-refractivity contribution in [3.63, 3.8) is 0 Å². The number of unbranched alkanes of at least 4 members (excludes halogenated alkanes) is 9. The molecule has 3 fully saturated rings.